The number of ether oxygens (including phenoxy) is 2. The highest BCUT2D eigenvalue weighted by Gasteiger charge is 2.51. The Labute approximate surface area is 156 Å². The zero-order valence-electron chi connectivity index (χ0n) is 15.2. The van der Waals surface area contributed by atoms with Crippen LogP contribution in [-0.4, -0.2) is 93.4 Å². The second kappa shape index (κ2) is 10.2. The third kappa shape index (κ3) is 5.80. The third-order valence-electron chi connectivity index (χ3n) is 4.52. The van der Waals surface area contributed by atoms with Crippen LogP contribution in [0.3, 0.4) is 0 Å². The standard InChI is InChI=1S/C15H29N3O9/c1-7(18-16)3-4-10(22)17-11-8(20)5-15(26-2,14(24)25)27-13(11)12(23)9(21)6-19/h8-13,17,19-23H,3-6,16H2,1-2H3,(H,24,25)/p-1/b18-7-/t8-,9+,10?,11+,12+,13?,15+/m0/s1. The quantitative estimate of drug-likeness (QED) is 0.0810. The molecule has 7 atom stereocenters. The first-order valence-electron chi connectivity index (χ1n) is 8.38. The van der Waals surface area contributed by atoms with Crippen LogP contribution >= 0.6 is 0 Å². The summed E-state index contributed by atoms with van der Waals surface area (Å²) in [5.41, 5.74) is 0.568. The Kier molecular flexibility index (Phi) is 8.98. The van der Waals surface area contributed by atoms with E-state index in [0.29, 0.717) is 12.1 Å². The molecule has 0 aromatic rings. The smallest absolute Gasteiger partial charge is 0.212 e. The normalized spacial score (nSPS) is 32.7. The number of hydrogen-bond acceptors (Lipinski definition) is 12. The molecular weight excluding hydrogens is 366 g/mol. The zero-order valence-corrected chi connectivity index (χ0v) is 15.2. The van der Waals surface area contributed by atoms with E-state index in [1.807, 2.05) is 0 Å². The van der Waals surface area contributed by atoms with Crippen LogP contribution in [-0.2, 0) is 14.3 Å². The van der Waals surface area contributed by atoms with Gasteiger partial charge in [0.05, 0.1) is 18.8 Å². The van der Waals surface area contributed by atoms with Crippen molar-refractivity contribution in [1.29, 1.82) is 0 Å². The highest BCUT2D eigenvalue weighted by Crippen LogP contribution is 2.32. The number of carboxylic acid groups (broad SMARTS) is 1. The van der Waals surface area contributed by atoms with Crippen LogP contribution in [0.25, 0.3) is 0 Å². The van der Waals surface area contributed by atoms with Crippen LogP contribution in [0.4, 0.5) is 0 Å². The predicted molar refractivity (Wildman–Crippen MR) is 88.8 cm³/mol. The van der Waals surface area contributed by atoms with E-state index in [-0.39, 0.29) is 6.42 Å². The SMILES string of the molecule is CO[C@]1(C(=O)[O-])C[C@H](O)[C@@H](NC(O)CC/C(C)=N\N)C([C@H](O)[C@H](O)CO)O1. The molecular formula is C15H28N3O9-. The van der Waals surface area contributed by atoms with E-state index in [2.05, 4.69) is 10.4 Å². The number of hydrazone groups is 1. The van der Waals surface area contributed by atoms with Gasteiger partial charge in [-0.15, -0.1) is 0 Å². The number of carbonyl (C=O) groups excluding carboxylic acids is 1. The summed E-state index contributed by atoms with van der Waals surface area (Å²) >= 11 is 0. The fourth-order valence-electron chi connectivity index (χ4n) is 2.84. The number of rotatable bonds is 10. The molecule has 8 N–H and O–H groups in total. The van der Waals surface area contributed by atoms with Crippen LogP contribution in [0, 0.1) is 0 Å². The number of nitrogens with two attached hydrogens (primary N) is 1. The maximum absolute atomic E-state index is 11.4. The first-order valence-corrected chi connectivity index (χ1v) is 8.38. The monoisotopic (exact) mass is 394 g/mol. The third-order valence-corrected chi connectivity index (χ3v) is 4.52. The van der Waals surface area contributed by atoms with E-state index in [1.54, 1.807) is 6.92 Å². The summed E-state index contributed by atoms with van der Waals surface area (Å²) in [6, 6.07) is -1.19. The van der Waals surface area contributed by atoms with Crippen LogP contribution in [0.15, 0.2) is 5.10 Å². The van der Waals surface area contributed by atoms with Crippen LogP contribution in [0.1, 0.15) is 26.2 Å². The molecule has 1 aliphatic rings. The van der Waals surface area contributed by atoms with Gasteiger partial charge in [0.2, 0.25) is 5.79 Å². The Balaban J connectivity index is 3.03. The minimum Gasteiger partial charge on any atom is -0.544 e. The Bertz CT molecular complexity index is 521. The van der Waals surface area contributed by atoms with Crippen molar-refractivity contribution in [1.82, 2.24) is 5.32 Å². The van der Waals surface area contributed by atoms with Gasteiger partial charge in [-0.3, -0.25) is 5.32 Å². The molecule has 1 heterocycles. The Morgan fingerprint density at radius 2 is 2.11 bits per heavy atom. The highest BCUT2D eigenvalue weighted by molar-refractivity contribution is 5.81. The first kappa shape index (κ1) is 23.7. The summed E-state index contributed by atoms with van der Waals surface area (Å²) in [5.74, 6) is 0.962. The second-order valence-electron chi connectivity index (χ2n) is 6.45. The van der Waals surface area contributed by atoms with Crippen molar-refractivity contribution in [2.24, 2.45) is 10.9 Å². The van der Waals surface area contributed by atoms with Crippen molar-refractivity contribution in [3.8, 4) is 0 Å². The van der Waals surface area contributed by atoms with Crippen molar-refractivity contribution in [2.45, 2.75) is 68.7 Å². The van der Waals surface area contributed by atoms with Gasteiger partial charge >= 0.3 is 0 Å². The van der Waals surface area contributed by atoms with Gasteiger partial charge in [-0.25, -0.2) is 0 Å². The first-order chi connectivity index (χ1) is 12.6. The number of hydrogen-bond donors (Lipinski definition) is 7. The average molecular weight is 394 g/mol. The Morgan fingerprint density at radius 3 is 2.59 bits per heavy atom. The molecule has 0 aliphatic carbocycles. The Hall–Kier alpha value is -1.38. The van der Waals surface area contributed by atoms with E-state index in [0.717, 1.165) is 7.11 Å². The molecule has 1 fully saturated rings. The predicted octanol–water partition coefficient (Wildman–Crippen LogP) is -4.67. The maximum atomic E-state index is 11.4. The highest BCUT2D eigenvalue weighted by atomic mass is 16.7. The van der Waals surface area contributed by atoms with Crippen LogP contribution in [0.2, 0.25) is 0 Å². The van der Waals surface area contributed by atoms with Gasteiger partial charge in [-0.2, -0.15) is 5.10 Å². The lowest BCUT2D eigenvalue weighted by molar-refractivity contribution is -0.378. The van der Waals surface area contributed by atoms with Gasteiger partial charge in [-0.1, -0.05) is 0 Å². The fraction of sp³-hybridized carbons (Fsp3) is 0.867. The van der Waals surface area contributed by atoms with E-state index >= 15 is 0 Å². The second-order valence-corrected chi connectivity index (χ2v) is 6.45. The molecule has 0 radical (unpaired) electrons. The fourth-order valence-corrected chi connectivity index (χ4v) is 2.84. The minimum atomic E-state index is -2.37. The molecule has 0 saturated carbocycles. The van der Waals surface area contributed by atoms with Crippen molar-refractivity contribution in [3.63, 3.8) is 0 Å². The molecule has 0 aromatic heterocycles. The number of aliphatic hydroxyl groups excluding tert-OH is 5. The number of nitrogens with zero attached hydrogens (tertiary/aromatic N) is 1. The summed E-state index contributed by atoms with van der Waals surface area (Å²) in [6.45, 7) is 0.812. The Morgan fingerprint density at radius 1 is 1.48 bits per heavy atom. The van der Waals surface area contributed by atoms with Crippen molar-refractivity contribution >= 4 is 11.7 Å². The van der Waals surface area contributed by atoms with Gasteiger partial charge in [0.15, 0.2) is 0 Å². The van der Waals surface area contributed by atoms with Gasteiger partial charge in [0, 0.05) is 19.2 Å². The summed E-state index contributed by atoms with van der Waals surface area (Å²) in [4.78, 5) is 11.4. The molecule has 1 rings (SSSR count). The van der Waals surface area contributed by atoms with Gasteiger partial charge in [-0.05, 0) is 19.8 Å². The topological polar surface area (TPSA) is 210 Å². The van der Waals surface area contributed by atoms with Gasteiger partial charge < -0.3 is 50.8 Å². The summed E-state index contributed by atoms with van der Waals surface area (Å²) in [5, 5.41) is 67.1. The summed E-state index contributed by atoms with van der Waals surface area (Å²) < 4.78 is 10.1. The minimum absolute atomic E-state index is 0.150. The van der Waals surface area contributed by atoms with E-state index in [4.69, 9.17) is 20.4 Å². The molecule has 1 aliphatic heterocycles. The van der Waals surface area contributed by atoms with Crippen molar-refractivity contribution in [3.05, 3.63) is 0 Å². The molecule has 0 amide bonds. The molecule has 158 valence electrons. The number of carbonyl (C=O) groups is 1. The molecule has 0 spiro atoms. The average Bonchev–Trinajstić information content (AvgIpc) is 2.65. The van der Waals surface area contributed by atoms with Crippen LogP contribution in [0.5, 0.6) is 0 Å². The van der Waals surface area contributed by atoms with Gasteiger partial charge in [0.1, 0.15) is 30.5 Å². The number of carboxylic acids is 1. The number of aliphatic carboxylic acids is 1. The summed E-state index contributed by atoms with van der Waals surface area (Å²) in [6.07, 6.45) is -7.75. The molecule has 27 heavy (non-hydrogen) atoms. The zero-order chi connectivity index (χ0) is 20.8. The molecule has 0 aromatic carbocycles. The molecule has 12 nitrogen and oxygen atoms in total. The lowest BCUT2D eigenvalue weighted by Gasteiger charge is -2.49. The number of aliphatic hydroxyl groups is 5. The van der Waals surface area contributed by atoms with E-state index < -0.39 is 61.5 Å². The number of nitrogens with one attached hydrogen (secondary N) is 1. The number of methoxy groups -OCH3 is 1. The molecule has 12 heteroatoms. The lowest BCUT2D eigenvalue weighted by atomic mass is 9.88. The lowest BCUT2D eigenvalue weighted by Crippen LogP contribution is -2.69. The van der Waals surface area contributed by atoms with E-state index in [9.17, 15) is 30.3 Å². The largest absolute Gasteiger partial charge is 0.544 e. The molecule has 1 saturated heterocycles. The summed E-state index contributed by atoms with van der Waals surface area (Å²) in [7, 11) is 1.02. The van der Waals surface area contributed by atoms with Crippen molar-refractivity contribution in [2.75, 3.05) is 13.7 Å². The van der Waals surface area contributed by atoms with Crippen molar-refractivity contribution < 1.29 is 44.9 Å². The maximum Gasteiger partial charge on any atom is 0.212 e. The van der Waals surface area contributed by atoms with Gasteiger partial charge in [0.25, 0.3) is 0 Å². The molecule has 2 unspecified atom stereocenters. The molecule has 0 bridgehead atoms. The van der Waals surface area contributed by atoms with Crippen LogP contribution < -0.4 is 16.3 Å². The van der Waals surface area contributed by atoms with E-state index in [1.165, 1.54) is 0 Å².